The molecular weight excluding hydrogens is 412 g/mol. The highest BCUT2D eigenvalue weighted by molar-refractivity contribution is 7.92. The molecular formula is C21H21F2N3O3S. The summed E-state index contributed by atoms with van der Waals surface area (Å²) in [5.41, 5.74) is 2.24. The van der Waals surface area contributed by atoms with Gasteiger partial charge in [0.1, 0.15) is 17.4 Å². The molecule has 0 aliphatic carbocycles. The summed E-state index contributed by atoms with van der Waals surface area (Å²) in [5.74, 6) is -0.929. The quantitative estimate of drug-likeness (QED) is 0.552. The molecule has 0 fully saturated rings. The summed E-state index contributed by atoms with van der Waals surface area (Å²) in [5, 5.41) is 2.96. The first-order chi connectivity index (χ1) is 14.2. The molecule has 2 N–H and O–H groups in total. The second-order valence-electron chi connectivity index (χ2n) is 6.53. The molecule has 1 heterocycles. The van der Waals surface area contributed by atoms with Crippen molar-refractivity contribution < 1.29 is 21.9 Å². The molecule has 3 aromatic rings. The maximum absolute atomic E-state index is 14.1. The number of benzene rings is 2. The van der Waals surface area contributed by atoms with Gasteiger partial charge in [0.05, 0.1) is 5.75 Å². The fraction of sp³-hybridized carbons (Fsp3) is 0.190. The van der Waals surface area contributed by atoms with Crippen LogP contribution in [0.3, 0.4) is 0 Å². The van der Waals surface area contributed by atoms with E-state index in [-0.39, 0.29) is 17.3 Å². The summed E-state index contributed by atoms with van der Waals surface area (Å²) in [6.07, 6.45) is 0. The van der Waals surface area contributed by atoms with E-state index in [4.69, 9.17) is 4.74 Å². The first-order valence-electron chi connectivity index (χ1n) is 9.15. The monoisotopic (exact) mass is 433 g/mol. The van der Waals surface area contributed by atoms with Crippen LogP contribution in [-0.4, -0.2) is 26.2 Å². The normalized spacial score (nSPS) is 11.2. The number of nitrogens with zero attached hydrogens (tertiary/aromatic N) is 1. The molecule has 0 radical (unpaired) electrons. The predicted octanol–water partition coefficient (Wildman–Crippen LogP) is 4.93. The van der Waals surface area contributed by atoms with Crippen molar-refractivity contribution in [3.63, 3.8) is 0 Å². The molecule has 0 aliphatic heterocycles. The number of aryl methyl sites for hydroxylation is 1. The van der Waals surface area contributed by atoms with Gasteiger partial charge in [-0.2, -0.15) is 0 Å². The lowest BCUT2D eigenvalue weighted by molar-refractivity contribution is 0.439. The standard InChI is InChI=1S/C21H21F2N3O3S/c1-4-30(27,28)26-16-6-8-19(29-20-7-5-15(22)11-18(20)23)17(12-16)14-9-13(2)25-21(10-14)24-3/h5-12,26H,4H2,1-3H3,(H,24,25). The number of hydrogen-bond donors (Lipinski definition) is 2. The molecule has 0 saturated heterocycles. The lowest BCUT2D eigenvalue weighted by Gasteiger charge is -2.15. The fourth-order valence-electron chi connectivity index (χ4n) is 2.79. The Morgan fingerprint density at radius 2 is 1.77 bits per heavy atom. The molecule has 2 aromatic carbocycles. The summed E-state index contributed by atoms with van der Waals surface area (Å²) in [7, 11) is -1.77. The van der Waals surface area contributed by atoms with Crippen molar-refractivity contribution >= 4 is 21.5 Å². The van der Waals surface area contributed by atoms with Gasteiger partial charge in [0.2, 0.25) is 10.0 Å². The molecule has 0 spiro atoms. The van der Waals surface area contributed by atoms with E-state index < -0.39 is 21.7 Å². The molecule has 6 nitrogen and oxygen atoms in total. The van der Waals surface area contributed by atoms with E-state index in [2.05, 4.69) is 15.0 Å². The highest BCUT2D eigenvalue weighted by Gasteiger charge is 2.15. The molecule has 0 saturated carbocycles. The minimum absolute atomic E-state index is 0.0837. The number of hydrogen-bond acceptors (Lipinski definition) is 5. The van der Waals surface area contributed by atoms with E-state index in [1.807, 2.05) is 6.92 Å². The number of anilines is 2. The van der Waals surface area contributed by atoms with Crippen molar-refractivity contribution in [2.24, 2.45) is 0 Å². The number of nitrogens with one attached hydrogen (secondary N) is 2. The zero-order valence-corrected chi connectivity index (χ0v) is 17.5. The molecule has 0 bridgehead atoms. The van der Waals surface area contributed by atoms with Gasteiger partial charge in [-0.05, 0) is 61.9 Å². The summed E-state index contributed by atoms with van der Waals surface area (Å²) < 4.78 is 59.5. The van der Waals surface area contributed by atoms with Gasteiger partial charge in [0.25, 0.3) is 0 Å². The van der Waals surface area contributed by atoms with Gasteiger partial charge in [0, 0.05) is 30.1 Å². The van der Waals surface area contributed by atoms with E-state index in [1.165, 1.54) is 25.1 Å². The van der Waals surface area contributed by atoms with Crippen molar-refractivity contribution in [2.45, 2.75) is 13.8 Å². The van der Waals surface area contributed by atoms with E-state index >= 15 is 0 Å². The third kappa shape index (κ3) is 5.04. The van der Waals surface area contributed by atoms with Crippen LogP contribution >= 0.6 is 0 Å². The van der Waals surface area contributed by atoms with Crippen LogP contribution in [0, 0.1) is 18.6 Å². The van der Waals surface area contributed by atoms with Gasteiger partial charge in [-0.15, -0.1) is 0 Å². The third-order valence-electron chi connectivity index (χ3n) is 4.27. The number of aromatic nitrogens is 1. The first-order valence-corrected chi connectivity index (χ1v) is 10.8. The molecule has 1 aromatic heterocycles. The fourth-order valence-corrected chi connectivity index (χ4v) is 3.42. The number of pyridine rings is 1. The van der Waals surface area contributed by atoms with Gasteiger partial charge in [-0.3, -0.25) is 4.72 Å². The Labute approximate surface area is 174 Å². The minimum Gasteiger partial charge on any atom is -0.454 e. The van der Waals surface area contributed by atoms with Crippen LogP contribution in [0.5, 0.6) is 11.5 Å². The van der Waals surface area contributed by atoms with Gasteiger partial charge >= 0.3 is 0 Å². The molecule has 3 rings (SSSR count). The zero-order chi connectivity index (χ0) is 21.9. The highest BCUT2D eigenvalue weighted by atomic mass is 32.2. The van der Waals surface area contributed by atoms with Crippen LogP contribution in [0.4, 0.5) is 20.3 Å². The summed E-state index contributed by atoms with van der Waals surface area (Å²) in [6, 6.07) is 11.2. The number of halogens is 2. The Kier molecular flexibility index (Phi) is 6.21. The number of rotatable bonds is 7. The van der Waals surface area contributed by atoms with Crippen LogP contribution in [0.25, 0.3) is 11.1 Å². The average Bonchev–Trinajstić information content (AvgIpc) is 2.70. The molecule has 30 heavy (non-hydrogen) atoms. The average molecular weight is 433 g/mol. The van der Waals surface area contributed by atoms with E-state index in [1.54, 1.807) is 25.2 Å². The first kappa shape index (κ1) is 21.5. The van der Waals surface area contributed by atoms with Gasteiger partial charge < -0.3 is 10.1 Å². The largest absolute Gasteiger partial charge is 0.454 e. The van der Waals surface area contributed by atoms with E-state index in [0.29, 0.717) is 22.6 Å². The van der Waals surface area contributed by atoms with Crippen LogP contribution < -0.4 is 14.8 Å². The van der Waals surface area contributed by atoms with Crippen LogP contribution in [0.1, 0.15) is 12.6 Å². The highest BCUT2D eigenvalue weighted by Crippen LogP contribution is 2.37. The Bertz CT molecular complexity index is 1180. The molecule has 0 amide bonds. The van der Waals surface area contributed by atoms with Crippen LogP contribution in [-0.2, 0) is 10.0 Å². The second-order valence-corrected chi connectivity index (χ2v) is 8.54. The number of sulfonamides is 1. The summed E-state index contributed by atoms with van der Waals surface area (Å²) in [6.45, 7) is 3.34. The maximum Gasteiger partial charge on any atom is 0.232 e. The molecule has 9 heteroatoms. The van der Waals surface area contributed by atoms with Crippen molar-refractivity contribution in [2.75, 3.05) is 22.8 Å². The predicted molar refractivity (Wildman–Crippen MR) is 113 cm³/mol. The van der Waals surface area contributed by atoms with E-state index in [0.717, 1.165) is 17.8 Å². The topological polar surface area (TPSA) is 80.3 Å². The SMILES string of the molecule is CCS(=O)(=O)Nc1ccc(Oc2ccc(F)cc2F)c(-c2cc(C)nc(NC)c2)c1. The van der Waals surface area contributed by atoms with Crippen molar-refractivity contribution in [3.05, 3.63) is 65.9 Å². The smallest absolute Gasteiger partial charge is 0.232 e. The Hall–Kier alpha value is -3.20. The number of ether oxygens (including phenoxy) is 1. The summed E-state index contributed by atoms with van der Waals surface area (Å²) in [4.78, 5) is 4.35. The van der Waals surface area contributed by atoms with E-state index in [9.17, 15) is 17.2 Å². The third-order valence-corrected chi connectivity index (χ3v) is 5.57. The Morgan fingerprint density at radius 1 is 1.03 bits per heavy atom. The minimum atomic E-state index is -3.49. The molecule has 0 aliphatic rings. The van der Waals surface area contributed by atoms with Crippen molar-refractivity contribution in [1.82, 2.24) is 4.98 Å². The second kappa shape index (κ2) is 8.66. The maximum atomic E-state index is 14.1. The zero-order valence-electron chi connectivity index (χ0n) is 16.7. The van der Waals surface area contributed by atoms with Crippen LogP contribution in [0.15, 0.2) is 48.5 Å². The van der Waals surface area contributed by atoms with Crippen LogP contribution in [0.2, 0.25) is 0 Å². The lowest BCUT2D eigenvalue weighted by atomic mass is 10.0. The molecule has 0 atom stereocenters. The molecule has 0 unspecified atom stereocenters. The Morgan fingerprint density at radius 3 is 2.43 bits per heavy atom. The van der Waals surface area contributed by atoms with Gasteiger partial charge in [0.15, 0.2) is 11.6 Å². The van der Waals surface area contributed by atoms with Crippen molar-refractivity contribution in [1.29, 1.82) is 0 Å². The van der Waals surface area contributed by atoms with Crippen molar-refractivity contribution in [3.8, 4) is 22.6 Å². The van der Waals surface area contributed by atoms with Gasteiger partial charge in [-0.25, -0.2) is 22.2 Å². The van der Waals surface area contributed by atoms with Gasteiger partial charge in [-0.1, -0.05) is 0 Å². The Balaban J connectivity index is 2.12. The lowest BCUT2D eigenvalue weighted by Crippen LogP contribution is -2.14. The molecule has 158 valence electrons. The summed E-state index contributed by atoms with van der Waals surface area (Å²) >= 11 is 0.